The minimum Gasteiger partial charge on any atom is -0.278 e. The first kappa shape index (κ1) is 14.5. The Balaban J connectivity index is 1.95. The molecule has 0 aliphatic rings. The van der Waals surface area contributed by atoms with Gasteiger partial charge in [-0.15, -0.1) is 0 Å². The van der Waals surface area contributed by atoms with Gasteiger partial charge in [0, 0.05) is 16.2 Å². The highest BCUT2D eigenvalue weighted by atomic mass is 79.9. The van der Waals surface area contributed by atoms with Crippen molar-refractivity contribution in [1.29, 1.82) is 0 Å². The summed E-state index contributed by atoms with van der Waals surface area (Å²) >= 11 is 3.43. The van der Waals surface area contributed by atoms with Crippen LogP contribution in [0.15, 0.2) is 88.6 Å². The van der Waals surface area contributed by atoms with Crippen molar-refractivity contribution in [3.8, 4) is 0 Å². The van der Waals surface area contributed by atoms with Crippen LogP contribution in [0.25, 0.3) is 0 Å². The molecule has 22 heavy (non-hydrogen) atoms. The highest BCUT2D eigenvalue weighted by Crippen LogP contribution is 2.15. The highest BCUT2D eigenvalue weighted by Gasteiger charge is 2.07. The van der Waals surface area contributed by atoms with Gasteiger partial charge in [0.05, 0.1) is 11.4 Å². The number of hydrazone groups is 1. The fourth-order valence-electron chi connectivity index (χ4n) is 2.01. The Morgan fingerprint density at radius 2 is 1.59 bits per heavy atom. The molecule has 108 valence electrons. The molecule has 0 atom stereocenters. The molecular formula is C18H14BrN3. The van der Waals surface area contributed by atoms with Crippen LogP contribution in [0.2, 0.25) is 0 Å². The zero-order valence-corrected chi connectivity index (χ0v) is 13.4. The predicted octanol–water partition coefficient (Wildman–Crippen LogP) is 4.71. The first-order chi connectivity index (χ1) is 10.8. The van der Waals surface area contributed by atoms with Crippen molar-refractivity contribution in [2.45, 2.75) is 0 Å². The van der Waals surface area contributed by atoms with Gasteiger partial charge < -0.3 is 0 Å². The smallest absolute Gasteiger partial charge is 0.116 e. The summed E-state index contributed by atoms with van der Waals surface area (Å²) in [5.74, 6) is 0. The van der Waals surface area contributed by atoms with Gasteiger partial charge in [-0.3, -0.25) is 10.4 Å². The number of hydrogen-bond acceptors (Lipinski definition) is 3. The van der Waals surface area contributed by atoms with E-state index in [-0.39, 0.29) is 0 Å². The lowest BCUT2D eigenvalue weighted by molar-refractivity contribution is 1.25. The summed E-state index contributed by atoms with van der Waals surface area (Å²) < 4.78 is 1.04. The second kappa shape index (κ2) is 7.00. The molecule has 0 aliphatic carbocycles. The largest absolute Gasteiger partial charge is 0.278 e. The van der Waals surface area contributed by atoms with Gasteiger partial charge in [0.1, 0.15) is 5.71 Å². The second-order valence-electron chi connectivity index (χ2n) is 4.66. The van der Waals surface area contributed by atoms with E-state index in [9.17, 15) is 0 Å². The van der Waals surface area contributed by atoms with Gasteiger partial charge in [0.15, 0.2) is 0 Å². The number of nitrogens with zero attached hydrogens (tertiary/aromatic N) is 2. The van der Waals surface area contributed by atoms with Crippen molar-refractivity contribution in [3.63, 3.8) is 0 Å². The van der Waals surface area contributed by atoms with E-state index in [1.165, 1.54) is 0 Å². The quantitative estimate of drug-likeness (QED) is 0.545. The number of aromatic nitrogens is 1. The molecule has 0 unspecified atom stereocenters. The molecule has 0 saturated heterocycles. The van der Waals surface area contributed by atoms with Crippen LogP contribution in [-0.4, -0.2) is 10.7 Å². The number of nitrogens with one attached hydrogen (secondary N) is 1. The first-order valence-electron chi connectivity index (χ1n) is 6.89. The summed E-state index contributed by atoms with van der Waals surface area (Å²) in [6.07, 6.45) is 1.77. The van der Waals surface area contributed by atoms with Crippen molar-refractivity contribution in [3.05, 3.63) is 94.7 Å². The lowest BCUT2D eigenvalue weighted by Gasteiger charge is -2.07. The molecule has 1 aromatic heterocycles. The number of rotatable bonds is 4. The third-order valence-corrected chi connectivity index (χ3v) is 3.62. The Morgan fingerprint density at radius 1 is 0.864 bits per heavy atom. The topological polar surface area (TPSA) is 37.3 Å². The molecule has 0 bridgehead atoms. The predicted molar refractivity (Wildman–Crippen MR) is 94.1 cm³/mol. The third-order valence-electron chi connectivity index (χ3n) is 3.10. The van der Waals surface area contributed by atoms with Crippen LogP contribution in [0.1, 0.15) is 11.3 Å². The summed E-state index contributed by atoms with van der Waals surface area (Å²) in [6, 6.07) is 23.7. The molecule has 0 spiro atoms. The van der Waals surface area contributed by atoms with E-state index in [1.807, 2.05) is 72.8 Å². The molecule has 4 heteroatoms. The van der Waals surface area contributed by atoms with Gasteiger partial charge in [-0.2, -0.15) is 5.10 Å². The monoisotopic (exact) mass is 351 g/mol. The molecule has 3 nitrogen and oxygen atoms in total. The Kier molecular flexibility index (Phi) is 4.61. The van der Waals surface area contributed by atoms with Gasteiger partial charge in [0.25, 0.3) is 0 Å². The average Bonchev–Trinajstić information content (AvgIpc) is 2.59. The molecule has 3 aromatic rings. The van der Waals surface area contributed by atoms with E-state index in [1.54, 1.807) is 6.20 Å². The van der Waals surface area contributed by atoms with E-state index in [4.69, 9.17) is 0 Å². The molecular weight excluding hydrogens is 338 g/mol. The van der Waals surface area contributed by atoms with Crippen molar-refractivity contribution in [1.82, 2.24) is 4.98 Å². The number of halogens is 1. The Morgan fingerprint density at radius 3 is 2.27 bits per heavy atom. The zero-order valence-electron chi connectivity index (χ0n) is 11.8. The summed E-state index contributed by atoms with van der Waals surface area (Å²) in [5.41, 5.74) is 6.68. The van der Waals surface area contributed by atoms with Crippen LogP contribution in [0.3, 0.4) is 0 Å². The Bertz CT molecular complexity index is 712. The maximum absolute atomic E-state index is 4.55. The zero-order chi connectivity index (χ0) is 15.2. The normalized spacial score (nSPS) is 11.2. The highest BCUT2D eigenvalue weighted by molar-refractivity contribution is 9.10. The second-order valence-corrected chi connectivity index (χ2v) is 5.58. The molecule has 3 rings (SSSR count). The van der Waals surface area contributed by atoms with E-state index in [0.717, 1.165) is 27.1 Å². The van der Waals surface area contributed by atoms with Crippen LogP contribution in [0.5, 0.6) is 0 Å². The SMILES string of the molecule is Brc1ccc(N/N=C(\c2ccccc2)c2ccccn2)cc1. The Labute approximate surface area is 137 Å². The molecule has 1 heterocycles. The summed E-state index contributed by atoms with van der Waals surface area (Å²) in [7, 11) is 0. The average molecular weight is 352 g/mol. The Hall–Kier alpha value is -2.46. The maximum atomic E-state index is 4.55. The molecule has 1 N–H and O–H groups in total. The van der Waals surface area contributed by atoms with E-state index < -0.39 is 0 Å². The van der Waals surface area contributed by atoms with E-state index in [0.29, 0.717) is 0 Å². The molecule has 0 amide bonds. The molecule has 0 radical (unpaired) electrons. The minimum atomic E-state index is 0.809. The third kappa shape index (κ3) is 3.59. The van der Waals surface area contributed by atoms with Gasteiger partial charge in [0.2, 0.25) is 0 Å². The van der Waals surface area contributed by atoms with Gasteiger partial charge in [-0.05, 0) is 36.4 Å². The molecule has 0 saturated carbocycles. The lowest BCUT2D eigenvalue weighted by atomic mass is 10.1. The molecule has 0 fully saturated rings. The first-order valence-corrected chi connectivity index (χ1v) is 7.68. The minimum absolute atomic E-state index is 0.809. The standard InChI is InChI=1S/C18H14BrN3/c19-15-9-11-16(12-10-15)21-22-18(14-6-2-1-3-7-14)17-8-4-5-13-20-17/h1-13,21H/b22-18+. The number of hydrogen-bond donors (Lipinski definition) is 1. The van der Waals surface area contributed by atoms with Crippen molar-refractivity contribution < 1.29 is 0 Å². The van der Waals surface area contributed by atoms with E-state index >= 15 is 0 Å². The number of benzene rings is 2. The lowest BCUT2D eigenvalue weighted by Crippen LogP contribution is -2.08. The fourth-order valence-corrected chi connectivity index (χ4v) is 2.28. The number of anilines is 1. The van der Waals surface area contributed by atoms with Crippen molar-refractivity contribution in [2.24, 2.45) is 5.10 Å². The summed E-state index contributed by atoms with van der Waals surface area (Å²) in [6.45, 7) is 0. The van der Waals surface area contributed by atoms with Crippen LogP contribution >= 0.6 is 15.9 Å². The summed E-state index contributed by atoms with van der Waals surface area (Å²) in [5, 5.41) is 4.55. The van der Waals surface area contributed by atoms with Gasteiger partial charge in [-0.25, -0.2) is 0 Å². The van der Waals surface area contributed by atoms with Gasteiger partial charge >= 0.3 is 0 Å². The maximum Gasteiger partial charge on any atom is 0.116 e. The molecule has 2 aromatic carbocycles. The van der Waals surface area contributed by atoms with E-state index in [2.05, 4.69) is 31.4 Å². The van der Waals surface area contributed by atoms with Gasteiger partial charge in [-0.1, -0.05) is 52.3 Å². The van der Waals surface area contributed by atoms with Crippen molar-refractivity contribution in [2.75, 3.05) is 5.43 Å². The van der Waals surface area contributed by atoms with Crippen LogP contribution in [0, 0.1) is 0 Å². The van der Waals surface area contributed by atoms with Crippen LogP contribution < -0.4 is 5.43 Å². The molecule has 0 aliphatic heterocycles. The fraction of sp³-hybridized carbons (Fsp3) is 0. The number of pyridine rings is 1. The summed E-state index contributed by atoms with van der Waals surface area (Å²) in [4.78, 5) is 4.40. The van der Waals surface area contributed by atoms with Crippen LogP contribution in [0.4, 0.5) is 5.69 Å². The van der Waals surface area contributed by atoms with Crippen LogP contribution in [-0.2, 0) is 0 Å². The van der Waals surface area contributed by atoms with Crippen molar-refractivity contribution >= 4 is 27.3 Å².